The summed E-state index contributed by atoms with van der Waals surface area (Å²) in [4.78, 5) is 4.84. The van der Waals surface area contributed by atoms with Crippen molar-refractivity contribution in [1.29, 1.82) is 0 Å². The van der Waals surface area contributed by atoms with Crippen LogP contribution < -0.4 is 9.80 Å². The lowest BCUT2D eigenvalue weighted by atomic mass is 9.99. The predicted molar refractivity (Wildman–Crippen MR) is 320 cm³/mol. The zero-order valence-electron chi connectivity index (χ0n) is 38.5. The van der Waals surface area contributed by atoms with Gasteiger partial charge >= 0.3 is 0 Å². The summed E-state index contributed by atoms with van der Waals surface area (Å²) >= 11 is 7.55. The van der Waals surface area contributed by atoms with Gasteiger partial charge < -0.3 is 9.80 Å². The van der Waals surface area contributed by atoms with Gasteiger partial charge in [-0.25, -0.2) is 0 Å². The maximum absolute atomic E-state index is 2.42. The number of hydrogen-bond donors (Lipinski definition) is 0. The highest BCUT2D eigenvalue weighted by Gasteiger charge is 2.21. The van der Waals surface area contributed by atoms with Crippen molar-refractivity contribution in [2.45, 2.75) is 0 Å². The predicted octanol–water partition coefficient (Wildman–Crippen LogP) is 21.6. The molecule has 16 rings (SSSR count). The molecular formula is C66H38N2S4. The van der Waals surface area contributed by atoms with E-state index in [2.05, 4.69) is 240 Å². The highest BCUT2D eigenvalue weighted by atomic mass is 32.1. The van der Waals surface area contributed by atoms with Crippen LogP contribution in [0.15, 0.2) is 231 Å². The first-order chi connectivity index (χ1) is 35.7. The molecule has 0 N–H and O–H groups in total. The molecule has 0 aliphatic rings. The third-order valence-electron chi connectivity index (χ3n) is 14.8. The summed E-state index contributed by atoms with van der Waals surface area (Å²) in [6.07, 6.45) is 0. The first-order valence-electron chi connectivity index (χ1n) is 24.3. The van der Waals surface area contributed by atoms with Gasteiger partial charge in [0.2, 0.25) is 0 Å². The van der Waals surface area contributed by atoms with Crippen LogP contribution in [0.1, 0.15) is 0 Å². The first kappa shape index (κ1) is 40.6. The van der Waals surface area contributed by atoms with E-state index in [1.54, 1.807) is 0 Å². The number of hydrogen-bond acceptors (Lipinski definition) is 6. The Morgan fingerprint density at radius 1 is 0.194 bits per heavy atom. The van der Waals surface area contributed by atoms with E-state index in [9.17, 15) is 0 Å². The van der Waals surface area contributed by atoms with Crippen LogP contribution in [0.4, 0.5) is 34.1 Å². The minimum absolute atomic E-state index is 1.14. The molecule has 2 nitrogen and oxygen atoms in total. The average Bonchev–Trinajstić information content (AvgIpc) is 4.21. The van der Waals surface area contributed by atoms with Crippen molar-refractivity contribution >= 4 is 192 Å². The molecule has 336 valence electrons. The van der Waals surface area contributed by atoms with Gasteiger partial charge in [-0.2, -0.15) is 0 Å². The zero-order valence-corrected chi connectivity index (χ0v) is 41.7. The van der Waals surface area contributed by atoms with Gasteiger partial charge in [0.1, 0.15) is 0 Å². The number of nitrogens with zero attached hydrogens (tertiary/aromatic N) is 2. The fourth-order valence-electron chi connectivity index (χ4n) is 11.6. The Morgan fingerprint density at radius 2 is 0.486 bits per heavy atom. The fourth-order valence-corrected chi connectivity index (χ4v) is 16.2. The van der Waals surface area contributed by atoms with Gasteiger partial charge in [-0.15, -0.1) is 45.3 Å². The molecule has 0 spiro atoms. The van der Waals surface area contributed by atoms with Crippen molar-refractivity contribution in [3.63, 3.8) is 0 Å². The molecule has 6 heteroatoms. The lowest BCUT2D eigenvalue weighted by Crippen LogP contribution is -2.09. The maximum Gasteiger partial charge on any atom is 0.0476 e. The molecule has 0 radical (unpaired) electrons. The lowest BCUT2D eigenvalue weighted by Gasteiger charge is -2.25. The average molecular weight is 987 g/mol. The molecule has 12 aromatic carbocycles. The number of anilines is 6. The zero-order chi connectivity index (χ0) is 47.0. The third-order valence-corrected chi connectivity index (χ3v) is 19.3. The molecule has 4 aromatic heterocycles. The minimum atomic E-state index is 1.14. The standard InChI is InChI=1S/C66H38N2S4/c1-3-13-41(14-4-1)67(43-21-25-51-59(35-43)69-55-31-19-39-11-7-9-17-47(39)63(51)55)45-23-27-53-61(37-45)71-57-33-29-50-49(65(53)57)30-34-58-66(50)54-28-24-46(38-62(54)72-58)68(42-15-5-2-6-16-42)44-22-26-52-60(36-44)70-56-32-20-40-12-8-10-18-48(40)64(52)56/h1-38H. The van der Waals surface area contributed by atoms with Crippen molar-refractivity contribution < 1.29 is 0 Å². The van der Waals surface area contributed by atoms with Gasteiger partial charge in [0.15, 0.2) is 0 Å². The van der Waals surface area contributed by atoms with E-state index in [4.69, 9.17) is 0 Å². The molecule has 0 saturated carbocycles. The van der Waals surface area contributed by atoms with E-state index in [0.717, 1.165) is 34.1 Å². The molecule has 0 aliphatic carbocycles. The molecular weight excluding hydrogens is 949 g/mol. The molecule has 0 fully saturated rings. The van der Waals surface area contributed by atoms with Gasteiger partial charge in [-0.05, 0) is 129 Å². The molecule has 0 bridgehead atoms. The van der Waals surface area contributed by atoms with Crippen molar-refractivity contribution in [2.24, 2.45) is 0 Å². The van der Waals surface area contributed by atoms with E-state index in [1.807, 2.05) is 45.3 Å². The molecule has 72 heavy (non-hydrogen) atoms. The molecule has 16 aromatic rings. The van der Waals surface area contributed by atoms with Crippen molar-refractivity contribution in [2.75, 3.05) is 9.80 Å². The van der Waals surface area contributed by atoms with Gasteiger partial charge in [0.25, 0.3) is 0 Å². The second-order valence-corrected chi connectivity index (χ2v) is 23.1. The number of fused-ring (bicyclic) bond motifs is 19. The summed E-state index contributed by atoms with van der Waals surface area (Å²) in [7, 11) is 0. The van der Waals surface area contributed by atoms with E-state index < -0.39 is 0 Å². The highest BCUT2D eigenvalue weighted by Crippen LogP contribution is 2.49. The Balaban J connectivity index is 0.807. The van der Waals surface area contributed by atoms with Crippen LogP contribution in [0.5, 0.6) is 0 Å². The van der Waals surface area contributed by atoms with E-state index in [1.165, 1.54) is 113 Å². The second kappa shape index (κ2) is 15.7. The Morgan fingerprint density at radius 3 is 0.847 bits per heavy atom. The molecule has 0 saturated heterocycles. The monoisotopic (exact) mass is 986 g/mol. The Hall–Kier alpha value is -8.10. The van der Waals surface area contributed by atoms with Crippen LogP contribution in [0, 0.1) is 0 Å². The minimum Gasteiger partial charge on any atom is -0.310 e. The summed E-state index contributed by atoms with van der Waals surface area (Å²) in [6, 6.07) is 85.9. The second-order valence-electron chi connectivity index (χ2n) is 18.8. The third kappa shape index (κ3) is 6.11. The normalized spacial score (nSPS) is 12.2. The highest BCUT2D eigenvalue weighted by molar-refractivity contribution is 7.27. The number of para-hydroxylation sites is 2. The Bertz CT molecular complexity index is 4580. The topological polar surface area (TPSA) is 6.48 Å². The van der Waals surface area contributed by atoms with Crippen LogP contribution in [0.2, 0.25) is 0 Å². The van der Waals surface area contributed by atoms with Gasteiger partial charge in [-0.1, -0.05) is 133 Å². The smallest absolute Gasteiger partial charge is 0.0476 e. The largest absolute Gasteiger partial charge is 0.310 e. The molecule has 0 aliphatic heterocycles. The van der Waals surface area contributed by atoms with Crippen LogP contribution in [-0.4, -0.2) is 0 Å². The SMILES string of the molecule is c1ccc(N(c2ccc3c(c2)sc2ccc4ccccc4c23)c2ccc3c(c2)sc2ccc4c(ccc5sc6cc(N(c7ccccc7)c7ccc8c(c7)sc7ccc9ccccc9c78)ccc6c54)c23)cc1. The van der Waals surface area contributed by atoms with Crippen molar-refractivity contribution in [3.05, 3.63) is 231 Å². The molecule has 0 amide bonds. The summed E-state index contributed by atoms with van der Waals surface area (Å²) in [6.45, 7) is 0. The number of thiophene rings is 4. The lowest BCUT2D eigenvalue weighted by molar-refractivity contribution is 1.30. The summed E-state index contributed by atoms with van der Waals surface area (Å²) < 4.78 is 10.4. The molecule has 0 atom stereocenters. The summed E-state index contributed by atoms with van der Waals surface area (Å²) in [5, 5.41) is 18.4. The number of rotatable bonds is 6. The summed E-state index contributed by atoms with van der Waals surface area (Å²) in [5.41, 5.74) is 6.90. The van der Waals surface area contributed by atoms with E-state index in [0.29, 0.717) is 0 Å². The quantitative estimate of drug-likeness (QED) is 0.164. The fraction of sp³-hybridized carbons (Fsp3) is 0. The van der Waals surface area contributed by atoms with Crippen molar-refractivity contribution in [1.82, 2.24) is 0 Å². The van der Waals surface area contributed by atoms with Gasteiger partial charge in [-0.3, -0.25) is 0 Å². The van der Waals surface area contributed by atoms with Crippen LogP contribution in [0.25, 0.3) is 113 Å². The van der Waals surface area contributed by atoms with Gasteiger partial charge in [0, 0.05) is 115 Å². The Kier molecular flexibility index (Phi) is 8.86. The van der Waals surface area contributed by atoms with Crippen molar-refractivity contribution in [3.8, 4) is 0 Å². The molecule has 4 heterocycles. The van der Waals surface area contributed by atoms with E-state index in [-0.39, 0.29) is 0 Å². The van der Waals surface area contributed by atoms with Crippen LogP contribution in [-0.2, 0) is 0 Å². The molecule has 0 unspecified atom stereocenters. The van der Waals surface area contributed by atoms with E-state index >= 15 is 0 Å². The van der Waals surface area contributed by atoms with Crippen LogP contribution in [0.3, 0.4) is 0 Å². The van der Waals surface area contributed by atoms with Crippen LogP contribution >= 0.6 is 45.3 Å². The first-order valence-corrected chi connectivity index (χ1v) is 27.6. The van der Waals surface area contributed by atoms with Gasteiger partial charge in [0.05, 0.1) is 0 Å². The summed E-state index contributed by atoms with van der Waals surface area (Å²) in [5.74, 6) is 0. The number of benzene rings is 12. The maximum atomic E-state index is 2.42. The Labute approximate surface area is 429 Å².